The molecule has 0 aromatic heterocycles. The molecule has 82 valence electrons. The van der Waals surface area contributed by atoms with Crippen molar-refractivity contribution in [3.05, 3.63) is 29.8 Å². The van der Waals surface area contributed by atoms with Crippen molar-refractivity contribution in [1.82, 2.24) is 0 Å². The molecule has 1 aliphatic rings. The first-order chi connectivity index (χ1) is 7.12. The minimum atomic E-state index is 0.462. The molecule has 0 saturated heterocycles. The Morgan fingerprint density at radius 1 is 1.33 bits per heavy atom. The van der Waals surface area contributed by atoms with Crippen molar-refractivity contribution in [2.75, 3.05) is 11.9 Å². The predicted molar refractivity (Wildman–Crippen MR) is 66.4 cm³/mol. The number of anilines is 1. The van der Waals surface area contributed by atoms with Crippen molar-refractivity contribution >= 4 is 5.69 Å². The SMILES string of the molecule is CCC(C)(C)CC1CNc2ccccc21. The first kappa shape index (κ1) is 10.5. The Hall–Kier alpha value is -0.980. The molecule has 1 aromatic rings. The number of para-hydroxylation sites is 1. The van der Waals surface area contributed by atoms with E-state index in [0.29, 0.717) is 11.3 Å². The summed E-state index contributed by atoms with van der Waals surface area (Å²) in [6, 6.07) is 8.72. The Labute approximate surface area is 92.9 Å². The van der Waals surface area contributed by atoms with Crippen LogP contribution in [0.3, 0.4) is 0 Å². The van der Waals surface area contributed by atoms with Crippen LogP contribution in [0.2, 0.25) is 0 Å². The Kier molecular flexibility index (Phi) is 2.72. The smallest absolute Gasteiger partial charge is 0.0376 e. The maximum absolute atomic E-state index is 3.50. The quantitative estimate of drug-likeness (QED) is 0.782. The summed E-state index contributed by atoms with van der Waals surface area (Å²) in [5, 5.41) is 3.50. The molecule has 1 heteroatoms. The molecule has 0 aliphatic carbocycles. The van der Waals surface area contributed by atoms with Gasteiger partial charge in [0.25, 0.3) is 0 Å². The lowest BCUT2D eigenvalue weighted by Crippen LogP contribution is -2.16. The summed E-state index contributed by atoms with van der Waals surface area (Å²) in [6.45, 7) is 8.14. The third-order valence-corrected chi connectivity index (χ3v) is 3.70. The zero-order valence-corrected chi connectivity index (χ0v) is 10.0. The van der Waals surface area contributed by atoms with Crippen LogP contribution in [0.15, 0.2) is 24.3 Å². The van der Waals surface area contributed by atoms with Gasteiger partial charge in [0, 0.05) is 18.2 Å². The molecule has 0 amide bonds. The lowest BCUT2D eigenvalue weighted by atomic mass is 9.79. The van der Waals surface area contributed by atoms with Crippen LogP contribution in [-0.4, -0.2) is 6.54 Å². The Morgan fingerprint density at radius 3 is 2.80 bits per heavy atom. The van der Waals surface area contributed by atoms with Crippen molar-refractivity contribution in [3.63, 3.8) is 0 Å². The van der Waals surface area contributed by atoms with Gasteiger partial charge in [0.2, 0.25) is 0 Å². The summed E-state index contributed by atoms with van der Waals surface area (Å²) in [5.41, 5.74) is 3.32. The van der Waals surface area contributed by atoms with Gasteiger partial charge in [-0.3, -0.25) is 0 Å². The van der Waals surface area contributed by atoms with Crippen LogP contribution in [0.1, 0.15) is 45.1 Å². The molecule has 0 spiro atoms. The second-order valence-electron chi connectivity index (χ2n) is 5.39. The van der Waals surface area contributed by atoms with E-state index in [1.807, 2.05) is 0 Å². The number of rotatable bonds is 3. The van der Waals surface area contributed by atoms with Gasteiger partial charge >= 0.3 is 0 Å². The maximum atomic E-state index is 3.50. The third-order valence-electron chi connectivity index (χ3n) is 3.70. The first-order valence-electron chi connectivity index (χ1n) is 5.95. The molecule has 1 aliphatic heterocycles. The Morgan fingerprint density at radius 2 is 2.07 bits per heavy atom. The van der Waals surface area contributed by atoms with E-state index in [0.717, 1.165) is 6.54 Å². The van der Waals surface area contributed by atoms with E-state index in [1.54, 1.807) is 0 Å². The minimum Gasteiger partial charge on any atom is -0.384 e. The molecule has 1 N–H and O–H groups in total. The molecule has 1 atom stereocenters. The molecule has 1 unspecified atom stereocenters. The number of hydrogen-bond donors (Lipinski definition) is 1. The van der Waals surface area contributed by atoms with Gasteiger partial charge < -0.3 is 5.32 Å². The second-order valence-corrected chi connectivity index (χ2v) is 5.39. The first-order valence-corrected chi connectivity index (χ1v) is 5.95. The van der Waals surface area contributed by atoms with Gasteiger partial charge in [-0.1, -0.05) is 45.4 Å². The van der Waals surface area contributed by atoms with Gasteiger partial charge in [0.05, 0.1) is 0 Å². The van der Waals surface area contributed by atoms with Crippen LogP contribution in [0.5, 0.6) is 0 Å². The van der Waals surface area contributed by atoms with Gasteiger partial charge in [0.1, 0.15) is 0 Å². The van der Waals surface area contributed by atoms with Crippen molar-refractivity contribution in [2.45, 2.75) is 39.5 Å². The third kappa shape index (κ3) is 2.17. The highest BCUT2D eigenvalue weighted by Crippen LogP contribution is 2.40. The zero-order valence-electron chi connectivity index (χ0n) is 10.0. The standard InChI is InChI=1S/C14H21N/c1-4-14(2,3)9-11-10-15-13-8-6-5-7-12(11)13/h5-8,11,15H,4,9-10H2,1-3H3. The number of nitrogens with one attached hydrogen (secondary N) is 1. The average molecular weight is 203 g/mol. The normalized spacial score (nSPS) is 19.8. The maximum Gasteiger partial charge on any atom is 0.0376 e. The average Bonchev–Trinajstić information content (AvgIpc) is 2.62. The highest BCUT2D eigenvalue weighted by atomic mass is 14.9. The van der Waals surface area contributed by atoms with E-state index in [2.05, 4.69) is 50.4 Å². The zero-order chi connectivity index (χ0) is 10.9. The van der Waals surface area contributed by atoms with E-state index in [-0.39, 0.29) is 0 Å². The molecule has 15 heavy (non-hydrogen) atoms. The molecule has 0 radical (unpaired) electrons. The van der Waals surface area contributed by atoms with E-state index >= 15 is 0 Å². The van der Waals surface area contributed by atoms with Gasteiger partial charge in [-0.15, -0.1) is 0 Å². The fourth-order valence-corrected chi connectivity index (χ4v) is 2.35. The van der Waals surface area contributed by atoms with E-state index in [9.17, 15) is 0 Å². The largest absolute Gasteiger partial charge is 0.384 e. The van der Waals surface area contributed by atoms with E-state index < -0.39 is 0 Å². The molecular weight excluding hydrogens is 182 g/mol. The lowest BCUT2D eigenvalue weighted by molar-refractivity contribution is 0.299. The van der Waals surface area contributed by atoms with Crippen molar-refractivity contribution in [2.24, 2.45) is 5.41 Å². The van der Waals surface area contributed by atoms with E-state index in [1.165, 1.54) is 24.1 Å². The Balaban J connectivity index is 2.14. The van der Waals surface area contributed by atoms with Crippen LogP contribution < -0.4 is 5.32 Å². The van der Waals surface area contributed by atoms with Crippen LogP contribution in [-0.2, 0) is 0 Å². The van der Waals surface area contributed by atoms with E-state index in [4.69, 9.17) is 0 Å². The molecule has 1 heterocycles. The highest BCUT2D eigenvalue weighted by Gasteiger charge is 2.27. The fraction of sp³-hybridized carbons (Fsp3) is 0.571. The van der Waals surface area contributed by atoms with Crippen molar-refractivity contribution in [1.29, 1.82) is 0 Å². The van der Waals surface area contributed by atoms with Crippen LogP contribution >= 0.6 is 0 Å². The summed E-state index contributed by atoms with van der Waals surface area (Å²) >= 11 is 0. The van der Waals surface area contributed by atoms with Gasteiger partial charge in [-0.2, -0.15) is 0 Å². The van der Waals surface area contributed by atoms with Crippen LogP contribution in [0, 0.1) is 5.41 Å². The second kappa shape index (κ2) is 3.88. The topological polar surface area (TPSA) is 12.0 Å². The molecule has 0 saturated carbocycles. The monoisotopic (exact) mass is 203 g/mol. The highest BCUT2D eigenvalue weighted by molar-refractivity contribution is 5.57. The predicted octanol–water partition coefficient (Wildman–Crippen LogP) is 4.02. The Bertz CT molecular complexity index is 341. The number of benzene rings is 1. The van der Waals surface area contributed by atoms with Crippen molar-refractivity contribution in [3.8, 4) is 0 Å². The van der Waals surface area contributed by atoms with Gasteiger partial charge in [0.15, 0.2) is 0 Å². The summed E-state index contributed by atoms with van der Waals surface area (Å²) < 4.78 is 0. The minimum absolute atomic E-state index is 0.462. The molecule has 0 bridgehead atoms. The molecule has 0 fully saturated rings. The summed E-state index contributed by atoms with van der Waals surface area (Å²) in [4.78, 5) is 0. The van der Waals surface area contributed by atoms with Crippen molar-refractivity contribution < 1.29 is 0 Å². The van der Waals surface area contributed by atoms with Crippen LogP contribution in [0.25, 0.3) is 0 Å². The molecule has 1 nitrogen and oxygen atoms in total. The van der Waals surface area contributed by atoms with Gasteiger partial charge in [-0.05, 0) is 23.5 Å². The van der Waals surface area contributed by atoms with Gasteiger partial charge in [-0.25, -0.2) is 0 Å². The van der Waals surface area contributed by atoms with Crippen LogP contribution in [0.4, 0.5) is 5.69 Å². The summed E-state index contributed by atoms with van der Waals surface area (Å²) in [6.07, 6.45) is 2.54. The fourth-order valence-electron chi connectivity index (χ4n) is 2.35. The number of fused-ring (bicyclic) bond motifs is 1. The molecule has 2 rings (SSSR count). The lowest BCUT2D eigenvalue weighted by Gasteiger charge is -2.26. The summed E-state index contributed by atoms with van der Waals surface area (Å²) in [7, 11) is 0. The molecular formula is C14H21N. The number of hydrogen-bond acceptors (Lipinski definition) is 1. The summed E-state index contributed by atoms with van der Waals surface area (Å²) in [5.74, 6) is 0.705. The molecule has 1 aromatic carbocycles.